The normalized spacial score (nSPS) is 14.0. The fraction of sp³-hybridized carbons (Fsp3) is 0.800. The quantitative estimate of drug-likeness (QED) is 0.650. The maximum absolute atomic E-state index is 10.5. The highest BCUT2D eigenvalue weighted by Crippen LogP contribution is 2.16. The van der Waals surface area contributed by atoms with E-state index in [-0.39, 0.29) is 6.04 Å². The number of aliphatic carboxylic acids is 1. The van der Waals surface area contributed by atoms with Gasteiger partial charge in [0, 0.05) is 0 Å². The Kier molecular flexibility index (Phi) is 7.72. The molecule has 0 spiro atoms. The lowest BCUT2D eigenvalue weighted by Gasteiger charge is -2.10. The molecule has 0 fully saturated rings. The van der Waals surface area contributed by atoms with Crippen LogP contribution in [0, 0.1) is 0 Å². The van der Waals surface area contributed by atoms with Crippen molar-refractivity contribution in [1.82, 2.24) is 5.09 Å². The summed E-state index contributed by atoms with van der Waals surface area (Å²) in [6.45, 7) is 0. The van der Waals surface area contributed by atoms with Gasteiger partial charge in [0.2, 0.25) is 0 Å². The Morgan fingerprint density at radius 3 is 2.91 bits per heavy atom. The smallest absolute Gasteiger partial charge is 0.321 e. The molecule has 0 aromatic rings. The molecular weight excluding hydrogens is 200 g/mol. The van der Waals surface area contributed by atoms with Gasteiger partial charge < -0.3 is 5.11 Å². The summed E-state index contributed by atoms with van der Waals surface area (Å²) in [6, 6.07) is -0.377. The minimum atomic E-state index is -0.756. The van der Waals surface area contributed by atoms with E-state index in [1.54, 1.807) is 11.8 Å². The van der Waals surface area contributed by atoms with E-state index in [2.05, 4.69) is 14.0 Å². The second-order valence-corrected chi connectivity index (χ2v) is 4.39. The third-order valence-corrected chi connectivity index (χ3v) is 2.83. The summed E-state index contributed by atoms with van der Waals surface area (Å²) in [6.07, 6.45) is 2.67. The molecule has 0 rings (SSSR count). The van der Waals surface area contributed by atoms with E-state index in [0.29, 0.717) is 14.8 Å². The van der Waals surface area contributed by atoms with E-state index in [4.69, 9.17) is 5.11 Å². The molecule has 0 heterocycles. The number of carboxylic acids is 1. The van der Waals surface area contributed by atoms with Gasteiger partial charge in [-0.05, 0) is 26.8 Å². The van der Waals surface area contributed by atoms with Crippen molar-refractivity contribution in [3.63, 3.8) is 0 Å². The minimum absolute atomic E-state index is 0.377. The lowest BCUT2D eigenvalue weighted by atomic mass is 10.2. The van der Waals surface area contributed by atoms with E-state index >= 15 is 0 Å². The highest BCUT2D eigenvalue weighted by atomic mass is 32.2. The summed E-state index contributed by atoms with van der Waals surface area (Å²) in [5.74, 6) is 0.132. The van der Waals surface area contributed by atoms with E-state index in [1.165, 1.54) is 0 Å². The Morgan fingerprint density at radius 1 is 1.91 bits per heavy atom. The van der Waals surface area contributed by atoms with E-state index in [1.807, 2.05) is 6.26 Å². The molecule has 3 atom stereocenters. The van der Waals surface area contributed by atoms with Crippen LogP contribution < -0.4 is 5.09 Å². The number of thioether (sulfide) groups is 1. The van der Waals surface area contributed by atoms with Crippen LogP contribution in [0.2, 0.25) is 0 Å². The second-order valence-electron chi connectivity index (χ2n) is 1.96. The van der Waals surface area contributed by atoms with Gasteiger partial charge in [0.1, 0.15) is 6.04 Å². The molecule has 11 heavy (non-hydrogen) atoms. The SMILES string of the molecule is CSCCC(NPP)C(=O)O. The number of hydrogen-bond donors (Lipinski definition) is 2. The van der Waals surface area contributed by atoms with Gasteiger partial charge in [0.05, 0.1) is 0 Å². The molecular formula is C5H13NO2P2S. The molecule has 3 unspecified atom stereocenters. The second kappa shape index (κ2) is 7.30. The summed E-state index contributed by atoms with van der Waals surface area (Å²) in [7, 11) is 2.90. The van der Waals surface area contributed by atoms with Crippen LogP contribution in [0.15, 0.2) is 0 Å². The van der Waals surface area contributed by atoms with Crippen LogP contribution >= 0.6 is 29.1 Å². The van der Waals surface area contributed by atoms with Crippen molar-refractivity contribution >= 4 is 35.1 Å². The van der Waals surface area contributed by atoms with Gasteiger partial charge in [-0.2, -0.15) is 11.8 Å². The minimum Gasteiger partial charge on any atom is -0.480 e. The molecule has 0 aliphatic carbocycles. The molecule has 0 radical (unpaired) electrons. The Balaban J connectivity index is 3.60. The molecule has 3 nitrogen and oxygen atoms in total. The summed E-state index contributed by atoms with van der Waals surface area (Å²) in [5.41, 5.74) is 0. The van der Waals surface area contributed by atoms with Crippen molar-refractivity contribution in [2.75, 3.05) is 12.0 Å². The highest BCUT2D eigenvalue weighted by molar-refractivity contribution is 8.01. The largest absolute Gasteiger partial charge is 0.480 e. The maximum Gasteiger partial charge on any atom is 0.321 e. The molecule has 2 N–H and O–H groups in total. The van der Waals surface area contributed by atoms with Gasteiger partial charge in [-0.15, -0.1) is 0 Å². The van der Waals surface area contributed by atoms with Crippen molar-refractivity contribution in [3.8, 4) is 0 Å². The molecule has 6 heteroatoms. The molecule has 0 aromatic carbocycles. The standard InChI is InChI=1S/C5H13NO2P2S/c1-11-3-2-4(5(7)8)6-10-9/h4,6,10H,2-3,9H2,1H3,(H,7,8). The van der Waals surface area contributed by atoms with Crippen molar-refractivity contribution in [2.24, 2.45) is 0 Å². The van der Waals surface area contributed by atoms with Gasteiger partial charge in [0.25, 0.3) is 0 Å². The highest BCUT2D eigenvalue weighted by Gasteiger charge is 2.14. The van der Waals surface area contributed by atoms with Crippen LogP contribution in [0.5, 0.6) is 0 Å². The topological polar surface area (TPSA) is 49.3 Å². The molecule has 0 amide bonds. The first kappa shape index (κ1) is 11.6. The maximum atomic E-state index is 10.5. The van der Waals surface area contributed by atoms with E-state index < -0.39 is 5.97 Å². The van der Waals surface area contributed by atoms with Crippen LogP contribution in [0.1, 0.15) is 6.42 Å². The van der Waals surface area contributed by atoms with Crippen molar-refractivity contribution < 1.29 is 9.90 Å². The van der Waals surface area contributed by atoms with Gasteiger partial charge >= 0.3 is 5.97 Å². The molecule has 0 aliphatic heterocycles. The lowest BCUT2D eigenvalue weighted by molar-refractivity contribution is -0.138. The summed E-state index contributed by atoms with van der Waals surface area (Å²) in [4.78, 5) is 10.5. The number of carbonyl (C=O) groups is 1. The molecule has 0 saturated heterocycles. The van der Waals surface area contributed by atoms with Crippen LogP contribution in [0.25, 0.3) is 0 Å². The molecule has 0 aliphatic rings. The van der Waals surface area contributed by atoms with Gasteiger partial charge in [-0.3, -0.25) is 9.88 Å². The first-order chi connectivity index (χ1) is 5.22. The van der Waals surface area contributed by atoms with Crippen molar-refractivity contribution in [2.45, 2.75) is 12.5 Å². The Morgan fingerprint density at radius 2 is 2.55 bits per heavy atom. The third-order valence-electron chi connectivity index (χ3n) is 1.17. The van der Waals surface area contributed by atoms with Gasteiger partial charge in [0.15, 0.2) is 0 Å². The zero-order valence-electron chi connectivity index (χ0n) is 6.33. The zero-order valence-corrected chi connectivity index (χ0v) is 9.30. The Bertz CT molecular complexity index is 125. The predicted octanol–water partition coefficient (Wildman–Crippen LogP) is 1.17. The number of rotatable bonds is 6. The average Bonchev–Trinajstić information content (AvgIpc) is 1.97. The predicted molar refractivity (Wildman–Crippen MR) is 55.6 cm³/mol. The lowest BCUT2D eigenvalue weighted by Crippen LogP contribution is -2.31. The fourth-order valence-corrected chi connectivity index (χ4v) is 2.14. The van der Waals surface area contributed by atoms with E-state index in [0.717, 1.165) is 5.75 Å². The number of carboxylic acid groups (broad SMARTS) is 1. The van der Waals surface area contributed by atoms with Crippen LogP contribution in [0.4, 0.5) is 0 Å². The van der Waals surface area contributed by atoms with Crippen molar-refractivity contribution in [3.05, 3.63) is 0 Å². The number of nitrogens with one attached hydrogen (secondary N) is 1. The van der Waals surface area contributed by atoms with E-state index in [9.17, 15) is 4.79 Å². The monoisotopic (exact) mass is 213 g/mol. The van der Waals surface area contributed by atoms with Crippen LogP contribution in [-0.4, -0.2) is 29.1 Å². The Hall–Kier alpha value is 0.640. The van der Waals surface area contributed by atoms with Crippen molar-refractivity contribution in [1.29, 1.82) is 0 Å². The summed E-state index contributed by atoms with van der Waals surface area (Å²) >= 11 is 1.67. The molecule has 0 aromatic heterocycles. The van der Waals surface area contributed by atoms with Crippen LogP contribution in [-0.2, 0) is 4.79 Å². The fourth-order valence-electron chi connectivity index (χ4n) is 0.594. The first-order valence-electron chi connectivity index (χ1n) is 3.15. The Labute approximate surface area is 75.0 Å². The third kappa shape index (κ3) is 5.86. The van der Waals surface area contributed by atoms with Crippen LogP contribution in [0.3, 0.4) is 0 Å². The summed E-state index contributed by atoms with van der Waals surface area (Å²) in [5, 5.41) is 11.5. The first-order valence-corrected chi connectivity index (χ1v) is 7.35. The molecule has 0 bridgehead atoms. The average molecular weight is 213 g/mol. The van der Waals surface area contributed by atoms with Gasteiger partial charge in [-0.25, -0.2) is 0 Å². The van der Waals surface area contributed by atoms with Gasteiger partial charge in [-0.1, -0.05) is 8.93 Å². The molecule has 0 saturated carbocycles. The number of hydrogen-bond acceptors (Lipinski definition) is 3. The molecule has 66 valence electrons. The summed E-state index contributed by atoms with van der Waals surface area (Å²) < 4.78 is 0. The zero-order chi connectivity index (χ0) is 8.69.